The molecule has 0 spiro atoms. The van der Waals surface area contributed by atoms with Crippen LogP contribution in [0.4, 0.5) is 0 Å². The predicted molar refractivity (Wildman–Crippen MR) is 93.6 cm³/mol. The predicted octanol–water partition coefficient (Wildman–Crippen LogP) is 5.59. The van der Waals surface area contributed by atoms with Crippen molar-refractivity contribution < 1.29 is 12.6 Å². The van der Waals surface area contributed by atoms with Gasteiger partial charge >= 0.3 is 0 Å². The SMILES string of the molecule is CCCCCCCCCCCCOS(=O)(=O)C1CCCCC1. The fourth-order valence-electron chi connectivity index (χ4n) is 3.21. The van der Waals surface area contributed by atoms with Gasteiger partial charge in [-0.25, -0.2) is 0 Å². The van der Waals surface area contributed by atoms with Crippen molar-refractivity contribution in [2.24, 2.45) is 0 Å². The Kier molecular flexibility index (Phi) is 11.2. The third-order valence-corrected chi connectivity index (χ3v) is 6.49. The molecule has 0 heterocycles. The summed E-state index contributed by atoms with van der Waals surface area (Å²) >= 11 is 0. The minimum atomic E-state index is -3.29. The molecule has 0 unspecified atom stereocenters. The summed E-state index contributed by atoms with van der Waals surface area (Å²) in [5.74, 6) is 0. The zero-order valence-electron chi connectivity index (χ0n) is 14.5. The van der Waals surface area contributed by atoms with Gasteiger partial charge in [0.25, 0.3) is 10.1 Å². The molecule has 0 aliphatic heterocycles. The molecule has 1 fully saturated rings. The van der Waals surface area contributed by atoms with Crippen LogP contribution in [0.25, 0.3) is 0 Å². The zero-order chi connectivity index (χ0) is 16.1. The molecular weight excluding hydrogens is 296 g/mol. The lowest BCUT2D eigenvalue weighted by Crippen LogP contribution is -2.26. The monoisotopic (exact) mass is 332 g/mol. The van der Waals surface area contributed by atoms with E-state index in [-0.39, 0.29) is 5.25 Å². The van der Waals surface area contributed by atoms with Crippen LogP contribution in [-0.4, -0.2) is 20.3 Å². The summed E-state index contributed by atoms with van der Waals surface area (Å²) < 4.78 is 29.3. The zero-order valence-corrected chi connectivity index (χ0v) is 15.3. The molecule has 0 atom stereocenters. The Hall–Kier alpha value is -0.0900. The second kappa shape index (κ2) is 12.3. The van der Waals surface area contributed by atoms with Crippen molar-refractivity contribution in [3.05, 3.63) is 0 Å². The molecule has 0 saturated heterocycles. The molecule has 4 heteroatoms. The average molecular weight is 333 g/mol. The van der Waals surface area contributed by atoms with E-state index in [0.717, 1.165) is 38.5 Å². The third-order valence-electron chi connectivity index (χ3n) is 4.71. The van der Waals surface area contributed by atoms with Gasteiger partial charge < -0.3 is 0 Å². The Morgan fingerprint density at radius 1 is 0.773 bits per heavy atom. The maximum Gasteiger partial charge on any atom is 0.270 e. The number of unbranched alkanes of at least 4 members (excludes halogenated alkanes) is 9. The molecule has 1 saturated carbocycles. The fourth-order valence-corrected chi connectivity index (χ4v) is 4.67. The van der Waals surface area contributed by atoms with E-state index in [0.29, 0.717) is 6.61 Å². The van der Waals surface area contributed by atoms with Crippen LogP contribution in [0, 0.1) is 0 Å². The van der Waals surface area contributed by atoms with Crippen molar-refractivity contribution in [1.29, 1.82) is 0 Å². The molecule has 0 aromatic carbocycles. The summed E-state index contributed by atoms with van der Waals surface area (Å²) in [6, 6.07) is 0. The molecule has 0 radical (unpaired) electrons. The lowest BCUT2D eigenvalue weighted by Gasteiger charge is -2.21. The van der Waals surface area contributed by atoms with Crippen LogP contribution in [-0.2, 0) is 14.3 Å². The Morgan fingerprint density at radius 3 is 1.82 bits per heavy atom. The lowest BCUT2D eigenvalue weighted by atomic mass is 10.0. The first-order valence-corrected chi connectivity index (χ1v) is 11.0. The maximum absolute atomic E-state index is 12.0. The van der Waals surface area contributed by atoms with E-state index < -0.39 is 10.1 Å². The quantitative estimate of drug-likeness (QED) is 0.326. The highest BCUT2D eigenvalue weighted by atomic mass is 32.2. The third kappa shape index (κ3) is 9.14. The Labute approximate surface area is 138 Å². The maximum atomic E-state index is 12.0. The Bertz CT molecular complexity index is 345. The topological polar surface area (TPSA) is 43.4 Å². The molecule has 3 nitrogen and oxygen atoms in total. The van der Waals surface area contributed by atoms with Crippen LogP contribution in [0.5, 0.6) is 0 Å². The van der Waals surface area contributed by atoms with Crippen LogP contribution in [0.15, 0.2) is 0 Å². The smallest absolute Gasteiger partial charge is 0.270 e. The second-order valence-electron chi connectivity index (χ2n) is 6.76. The van der Waals surface area contributed by atoms with Crippen molar-refractivity contribution in [1.82, 2.24) is 0 Å². The van der Waals surface area contributed by atoms with Gasteiger partial charge in [-0.15, -0.1) is 0 Å². The van der Waals surface area contributed by atoms with Gasteiger partial charge in [0.1, 0.15) is 0 Å². The summed E-state index contributed by atoms with van der Waals surface area (Å²) in [7, 11) is -3.29. The van der Waals surface area contributed by atoms with Crippen LogP contribution in [0.2, 0.25) is 0 Å². The standard InChI is InChI=1S/C18H36O3S/c1-2-3-4-5-6-7-8-9-10-14-17-21-22(19,20)18-15-12-11-13-16-18/h18H,2-17H2,1H3. The van der Waals surface area contributed by atoms with Crippen LogP contribution in [0.1, 0.15) is 103 Å². The molecule has 0 N–H and O–H groups in total. The van der Waals surface area contributed by atoms with Crippen molar-refractivity contribution in [3.63, 3.8) is 0 Å². The first kappa shape index (κ1) is 20.0. The minimum Gasteiger partial charge on any atom is -0.270 e. The van der Waals surface area contributed by atoms with E-state index in [4.69, 9.17) is 4.18 Å². The average Bonchev–Trinajstić information content (AvgIpc) is 2.53. The summed E-state index contributed by atoms with van der Waals surface area (Å²) in [6.45, 7) is 2.63. The normalized spacial score (nSPS) is 17.0. The van der Waals surface area contributed by atoms with Crippen LogP contribution >= 0.6 is 0 Å². The van der Waals surface area contributed by atoms with Gasteiger partial charge in [-0.2, -0.15) is 8.42 Å². The van der Waals surface area contributed by atoms with E-state index in [1.54, 1.807) is 0 Å². The second-order valence-corrected chi connectivity index (χ2v) is 8.64. The molecule has 0 aromatic rings. The molecule has 0 aromatic heterocycles. The highest BCUT2D eigenvalue weighted by Crippen LogP contribution is 2.24. The molecule has 1 aliphatic carbocycles. The summed E-state index contributed by atoms with van der Waals surface area (Å²) in [5.41, 5.74) is 0. The molecule has 0 amide bonds. The van der Waals surface area contributed by atoms with Crippen molar-refractivity contribution in [2.45, 2.75) is 108 Å². The van der Waals surface area contributed by atoms with Gasteiger partial charge in [-0.3, -0.25) is 4.18 Å². The van der Waals surface area contributed by atoms with Crippen LogP contribution in [0.3, 0.4) is 0 Å². The van der Waals surface area contributed by atoms with E-state index in [1.165, 1.54) is 57.8 Å². The summed E-state index contributed by atoms with van der Waals surface area (Å²) in [6.07, 6.45) is 17.4. The van der Waals surface area contributed by atoms with Gasteiger partial charge in [0.2, 0.25) is 0 Å². The Morgan fingerprint density at radius 2 is 1.27 bits per heavy atom. The van der Waals surface area contributed by atoms with Gasteiger partial charge in [-0.1, -0.05) is 84.0 Å². The van der Waals surface area contributed by atoms with Crippen molar-refractivity contribution >= 4 is 10.1 Å². The van der Waals surface area contributed by atoms with E-state index in [2.05, 4.69) is 6.92 Å². The summed E-state index contributed by atoms with van der Waals surface area (Å²) in [5, 5.41) is -0.232. The van der Waals surface area contributed by atoms with E-state index >= 15 is 0 Å². The minimum absolute atomic E-state index is 0.232. The number of rotatable bonds is 13. The van der Waals surface area contributed by atoms with Gasteiger partial charge in [-0.05, 0) is 19.3 Å². The van der Waals surface area contributed by atoms with E-state index in [9.17, 15) is 8.42 Å². The Balaban J connectivity index is 1.92. The molecule has 132 valence electrons. The highest BCUT2D eigenvalue weighted by Gasteiger charge is 2.27. The number of hydrogen-bond acceptors (Lipinski definition) is 3. The fraction of sp³-hybridized carbons (Fsp3) is 1.00. The molecule has 1 aliphatic rings. The summed E-state index contributed by atoms with van der Waals surface area (Å²) in [4.78, 5) is 0. The van der Waals surface area contributed by atoms with E-state index in [1.807, 2.05) is 0 Å². The van der Waals surface area contributed by atoms with Crippen LogP contribution < -0.4 is 0 Å². The molecule has 22 heavy (non-hydrogen) atoms. The first-order valence-electron chi connectivity index (χ1n) is 9.55. The molecule has 1 rings (SSSR count). The molecular formula is C18H36O3S. The highest BCUT2D eigenvalue weighted by molar-refractivity contribution is 7.87. The largest absolute Gasteiger partial charge is 0.270 e. The lowest BCUT2D eigenvalue weighted by molar-refractivity contribution is 0.293. The van der Waals surface area contributed by atoms with Gasteiger partial charge in [0.05, 0.1) is 11.9 Å². The van der Waals surface area contributed by atoms with Crippen molar-refractivity contribution in [3.8, 4) is 0 Å². The van der Waals surface area contributed by atoms with Crippen molar-refractivity contribution in [2.75, 3.05) is 6.61 Å². The molecule has 0 bridgehead atoms. The first-order chi connectivity index (χ1) is 10.7. The van der Waals surface area contributed by atoms with Gasteiger partial charge in [0, 0.05) is 0 Å². The number of hydrogen-bond donors (Lipinski definition) is 0. The van der Waals surface area contributed by atoms with Gasteiger partial charge in [0.15, 0.2) is 0 Å².